The molecule has 0 aromatic heterocycles. The second kappa shape index (κ2) is 6.51. The molecule has 0 amide bonds. The molecule has 0 aliphatic heterocycles. The third kappa shape index (κ3) is 5.73. The van der Waals surface area contributed by atoms with Gasteiger partial charge < -0.3 is 14.6 Å². The van der Waals surface area contributed by atoms with Crippen LogP contribution in [0.15, 0.2) is 24.3 Å². The Morgan fingerprint density at radius 2 is 1.84 bits per heavy atom. The summed E-state index contributed by atoms with van der Waals surface area (Å²) in [4.78, 5) is 0. The van der Waals surface area contributed by atoms with Crippen LogP contribution in [0.5, 0.6) is 0 Å². The number of benzene rings is 1. The molecule has 1 aromatic rings. The molecule has 1 rings (SSSR count). The largest absolute Gasteiger partial charge is 0.416 e. The van der Waals surface area contributed by atoms with Gasteiger partial charge in [0.2, 0.25) is 0 Å². The molecule has 105 valence electrons. The van der Waals surface area contributed by atoms with Crippen LogP contribution < -0.4 is 0 Å². The molecule has 0 aliphatic rings. The fraction of sp³-hybridized carbons (Fsp3) is 0.500. The Labute approximate surface area is 112 Å². The first-order valence-electron chi connectivity index (χ1n) is 5.70. The molecule has 1 aromatic carbocycles. The van der Waals surface area contributed by atoms with E-state index in [2.05, 4.69) is 14.9 Å². The van der Waals surface area contributed by atoms with Crippen LogP contribution in [-0.2, 0) is 17.0 Å². The number of aliphatic hydroxyl groups is 2. The van der Waals surface area contributed by atoms with Crippen molar-refractivity contribution in [3.8, 4) is 0 Å². The molecule has 0 heterocycles. The molecule has 0 saturated carbocycles. The topological polar surface area (TPSA) is 49.7 Å². The van der Waals surface area contributed by atoms with E-state index >= 15 is 0 Å². The molecule has 2 N–H and O–H groups in total. The number of hydrogen-bond acceptors (Lipinski definition) is 3. The summed E-state index contributed by atoms with van der Waals surface area (Å²) in [5.74, 6) is -2.25. The van der Waals surface area contributed by atoms with Gasteiger partial charge in [0.05, 0.1) is 5.56 Å². The van der Waals surface area contributed by atoms with Crippen LogP contribution in [0.25, 0.3) is 0 Å². The molecule has 19 heavy (non-hydrogen) atoms. The summed E-state index contributed by atoms with van der Waals surface area (Å²) in [5.41, 5.74) is -0.109. The van der Waals surface area contributed by atoms with E-state index in [0.717, 1.165) is 12.1 Å². The van der Waals surface area contributed by atoms with Crippen molar-refractivity contribution in [2.24, 2.45) is 0 Å². The Morgan fingerprint density at radius 1 is 1.16 bits per heavy atom. The van der Waals surface area contributed by atoms with Gasteiger partial charge in [-0.25, -0.2) is 0 Å². The van der Waals surface area contributed by atoms with Gasteiger partial charge in [-0.05, 0) is 30.9 Å². The maximum absolute atomic E-state index is 12.5. The highest BCUT2D eigenvalue weighted by Crippen LogP contribution is 2.29. The number of rotatable bonds is 6. The third-order valence-electron chi connectivity index (χ3n) is 2.64. The van der Waals surface area contributed by atoms with Crippen LogP contribution in [0.3, 0.4) is 0 Å². The van der Waals surface area contributed by atoms with Gasteiger partial charge >= 0.3 is 6.18 Å². The summed E-state index contributed by atoms with van der Waals surface area (Å²) >= 11 is 0. The zero-order valence-corrected chi connectivity index (χ0v) is 11.1. The van der Waals surface area contributed by atoms with Crippen LogP contribution in [0.2, 0.25) is 0 Å². The van der Waals surface area contributed by atoms with Crippen molar-refractivity contribution in [1.82, 2.24) is 0 Å². The molecule has 3 nitrogen and oxygen atoms in total. The molecule has 0 bridgehead atoms. The Bertz CT molecular complexity index is 407. The van der Waals surface area contributed by atoms with Gasteiger partial charge in [0.25, 0.3) is 16.5 Å². The van der Waals surface area contributed by atoms with E-state index in [4.69, 9.17) is 10.2 Å². The van der Waals surface area contributed by atoms with E-state index in [1.165, 1.54) is 6.07 Å². The second-order valence-electron chi connectivity index (χ2n) is 4.25. The maximum atomic E-state index is 12.5. The smallest absolute Gasteiger partial charge is 0.371 e. The molecule has 7 heteroatoms. The third-order valence-corrected chi connectivity index (χ3v) is 2.96. The molecule has 0 fully saturated rings. The number of hydrogen-bond donors (Lipinski definition) is 2. The minimum absolute atomic E-state index is 0.0323. The van der Waals surface area contributed by atoms with Gasteiger partial charge in [-0.3, -0.25) is 0 Å². The van der Waals surface area contributed by atoms with Crippen molar-refractivity contribution in [3.63, 3.8) is 0 Å². The predicted molar refractivity (Wildman–Crippen MR) is 63.0 cm³/mol. The second-order valence-corrected chi connectivity index (χ2v) is 4.45. The van der Waals surface area contributed by atoms with E-state index in [1.54, 1.807) is 6.07 Å². The first kappa shape index (κ1) is 16.2. The highest BCUT2D eigenvalue weighted by Gasteiger charge is 2.30. The maximum Gasteiger partial charge on any atom is 0.416 e. The van der Waals surface area contributed by atoms with Gasteiger partial charge in [0, 0.05) is 6.42 Å². The van der Waals surface area contributed by atoms with Crippen LogP contribution in [0.1, 0.15) is 30.4 Å². The van der Waals surface area contributed by atoms with Crippen LogP contribution in [0, 0.1) is 0 Å². The molecule has 0 atom stereocenters. The summed E-state index contributed by atoms with van der Waals surface area (Å²) in [6, 6.07) is 5.10. The quantitative estimate of drug-likeness (QED) is 0.480. The highest BCUT2D eigenvalue weighted by molar-refractivity contribution is 5.98. The van der Waals surface area contributed by atoms with Gasteiger partial charge in [0.1, 0.15) is 0 Å². The molecule has 0 spiro atoms. The fourth-order valence-electron chi connectivity index (χ4n) is 1.64. The fourth-order valence-corrected chi connectivity index (χ4v) is 1.74. The van der Waals surface area contributed by atoms with Crippen molar-refractivity contribution in [1.29, 1.82) is 0 Å². The van der Waals surface area contributed by atoms with Gasteiger partial charge in [-0.15, -0.1) is 0 Å². The van der Waals surface area contributed by atoms with Crippen LogP contribution in [0.4, 0.5) is 13.2 Å². The highest BCUT2D eigenvalue weighted by atomic mass is 28.2. The standard InChI is InChI=1S/C12H14F3O3Si/c13-12(14,15)10-6-3-5-9(8-10)4-1-2-7-11(16,17)18-19/h3,5-6,8,16-17H,1-2,4,7H2. The number of halogens is 3. The molecule has 0 unspecified atom stereocenters. The summed E-state index contributed by atoms with van der Waals surface area (Å²) in [7, 11) is 2.52. The minimum Gasteiger partial charge on any atom is -0.371 e. The Morgan fingerprint density at radius 3 is 2.42 bits per heavy atom. The Hall–Kier alpha value is -0.893. The zero-order chi connectivity index (χ0) is 14.5. The van der Waals surface area contributed by atoms with Crippen molar-refractivity contribution < 1.29 is 27.8 Å². The lowest BCUT2D eigenvalue weighted by Gasteiger charge is -2.19. The lowest BCUT2D eigenvalue weighted by Crippen LogP contribution is -2.30. The summed E-state index contributed by atoms with van der Waals surface area (Å²) < 4.78 is 41.6. The van der Waals surface area contributed by atoms with Gasteiger partial charge in [-0.2, -0.15) is 13.2 Å². The van der Waals surface area contributed by atoms with E-state index in [-0.39, 0.29) is 6.42 Å². The monoisotopic (exact) mass is 291 g/mol. The van der Waals surface area contributed by atoms with E-state index in [1.807, 2.05) is 0 Å². The van der Waals surface area contributed by atoms with Gasteiger partial charge in [-0.1, -0.05) is 18.2 Å². The minimum atomic E-state index is -4.34. The summed E-state index contributed by atoms with van der Waals surface area (Å²) in [6.45, 7) is 0. The summed E-state index contributed by atoms with van der Waals surface area (Å²) in [5, 5.41) is 18.2. The Kier molecular flexibility index (Phi) is 5.54. The SMILES string of the molecule is OC(O)(CCCCc1cccc(C(F)(F)F)c1)O[Si]. The number of unbranched alkanes of at least 4 members (excludes halogenated alkanes) is 1. The van der Waals surface area contributed by atoms with E-state index < -0.39 is 17.7 Å². The van der Waals surface area contributed by atoms with Crippen LogP contribution >= 0.6 is 0 Å². The summed E-state index contributed by atoms with van der Waals surface area (Å²) in [6.07, 6.45) is -3.00. The van der Waals surface area contributed by atoms with Gasteiger partial charge in [0.15, 0.2) is 0 Å². The number of alkyl halides is 3. The molecular weight excluding hydrogens is 277 g/mol. The van der Waals surface area contributed by atoms with Crippen LogP contribution in [-0.4, -0.2) is 26.7 Å². The van der Waals surface area contributed by atoms with Crippen molar-refractivity contribution in [2.45, 2.75) is 37.8 Å². The lowest BCUT2D eigenvalue weighted by molar-refractivity contribution is -0.295. The normalized spacial score (nSPS) is 12.7. The Balaban J connectivity index is 2.46. The van der Waals surface area contributed by atoms with Crippen molar-refractivity contribution >= 4 is 10.5 Å². The molecule has 3 radical (unpaired) electrons. The number of aryl methyl sites for hydroxylation is 1. The molecule has 0 saturated heterocycles. The average molecular weight is 291 g/mol. The molecule has 0 aliphatic carbocycles. The average Bonchev–Trinajstić information content (AvgIpc) is 2.34. The first-order chi connectivity index (χ1) is 8.74. The molecular formula is C12H14F3O3Si. The van der Waals surface area contributed by atoms with E-state index in [0.29, 0.717) is 24.8 Å². The zero-order valence-electron chi connectivity index (χ0n) is 10.1. The van der Waals surface area contributed by atoms with Crippen molar-refractivity contribution in [3.05, 3.63) is 35.4 Å². The van der Waals surface area contributed by atoms with E-state index in [9.17, 15) is 13.2 Å². The first-order valence-corrected chi connectivity index (χ1v) is 6.11. The predicted octanol–water partition coefficient (Wildman–Crippen LogP) is 2.16. The van der Waals surface area contributed by atoms with Crippen molar-refractivity contribution in [2.75, 3.05) is 0 Å². The lowest BCUT2D eigenvalue weighted by atomic mass is 10.0.